The second-order valence-corrected chi connectivity index (χ2v) is 11.6. The van der Waals surface area contributed by atoms with E-state index in [4.69, 9.17) is 9.47 Å². The summed E-state index contributed by atoms with van der Waals surface area (Å²) in [5, 5.41) is 0. The first-order chi connectivity index (χ1) is 17.0. The second-order valence-electron chi connectivity index (χ2n) is 10.5. The number of rotatable bonds is 13. The van der Waals surface area contributed by atoms with Crippen LogP contribution in [-0.2, 0) is 14.3 Å². The van der Waals surface area contributed by atoms with Crippen LogP contribution in [0.1, 0.15) is 99.0 Å². The average molecular weight is 513 g/mol. The lowest BCUT2D eigenvalue weighted by Crippen LogP contribution is -2.38. The van der Waals surface area contributed by atoms with Crippen molar-refractivity contribution in [3.63, 3.8) is 0 Å². The molecule has 2 atom stereocenters. The number of hydrogen-bond acceptors (Lipinski definition) is 5. The molecule has 0 aromatic heterocycles. The van der Waals surface area contributed by atoms with E-state index < -0.39 is 11.0 Å². The molecule has 0 saturated heterocycles. The van der Waals surface area contributed by atoms with Gasteiger partial charge in [0.15, 0.2) is 0 Å². The Morgan fingerprint density at radius 3 is 1.81 bits per heavy atom. The van der Waals surface area contributed by atoms with Gasteiger partial charge in [-0.15, -0.1) is 0 Å². The number of hydrogen-bond donors (Lipinski definition) is 0. The van der Waals surface area contributed by atoms with Gasteiger partial charge in [0.1, 0.15) is 11.4 Å². The number of ether oxygens (including phenoxy) is 2. The van der Waals surface area contributed by atoms with Gasteiger partial charge in [0.2, 0.25) is 0 Å². The largest absolute Gasteiger partial charge is 0.459 e. The summed E-state index contributed by atoms with van der Waals surface area (Å²) in [4.78, 5) is 28.4. The molecular weight excluding hydrogens is 468 g/mol. The minimum Gasteiger partial charge on any atom is -0.459 e. The van der Waals surface area contributed by atoms with Crippen molar-refractivity contribution in [3.05, 3.63) is 54.1 Å². The van der Waals surface area contributed by atoms with E-state index in [0.717, 1.165) is 17.7 Å². The molecule has 5 heteroatoms. The average Bonchev–Trinajstić information content (AvgIpc) is 2.88. The van der Waals surface area contributed by atoms with Crippen LogP contribution >= 0.6 is 11.8 Å². The first-order valence-electron chi connectivity index (χ1n) is 13.3. The lowest BCUT2D eigenvalue weighted by atomic mass is 9.78. The van der Waals surface area contributed by atoms with Crippen LogP contribution in [0.3, 0.4) is 0 Å². The maximum atomic E-state index is 13.2. The van der Waals surface area contributed by atoms with E-state index in [0.29, 0.717) is 30.9 Å². The van der Waals surface area contributed by atoms with Crippen LogP contribution in [0.4, 0.5) is 0 Å². The summed E-state index contributed by atoms with van der Waals surface area (Å²) in [6.07, 6.45) is 3.12. The zero-order chi connectivity index (χ0) is 26.9. The van der Waals surface area contributed by atoms with Gasteiger partial charge in [-0.25, -0.2) is 0 Å². The molecule has 0 heterocycles. The van der Waals surface area contributed by atoms with Crippen LogP contribution in [0.5, 0.6) is 5.75 Å². The topological polar surface area (TPSA) is 52.6 Å². The summed E-state index contributed by atoms with van der Waals surface area (Å²) in [5.41, 5.74) is 0.0770. The van der Waals surface area contributed by atoms with Crippen molar-refractivity contribution in [2.24, 2.45) is 11.3 Å². The molecule has 0 aliphatic heterocycles. The zero-order valence-corrected chi connectivity index (χ0v) is 24.2. The fourth-order valence-corrected chi connectivity index (χ4v) is 4.71. The Labute approximate surface area is 222 Å². The Hall–Kier alpha value is -2.27. The molecule has 0 bridgehead atoms. The monoisotopic (exact) mass is 512 g/mol. The van der Waals surface area contributed by atoms with Crippen molar-refractivity contribution in [1.82, 2.24) is 0 Å². The first-order valence-corrected chi connectivity index (χ1v) is 14.1. The van der Waals surface area contributed by atoms with E-state index in [-0.39, 0.29) is 17.9 Å². The zero-order valence-electron chi connectivity index (χ0n) is 23.4. The molecular formula is C31H44O4S. The number of carbonyl (C=O) groups is 2. The molecule has 198 valence electrons. The highest BCUT2D eigenvalue weighted by Crippen LogP contribution is 2.36. The van der Waals surface area contributed by atoms with E-state index in [1.165, 1.54) is 10.5 Å². The predicted molar refractivity (Wildman–Crippen MR) is 149 cm³/mol. The summed E-state index contributed by atoms with van der Waals surface area (Å²) in [6.45, 7) is 16.2. The maximum absolute atomic E-state index is 13.2. The molecule has 4 nitrogen and oxygen atoms in total. The van der Waals surface area contributed by atoms with Crippen molar-refractivity contribution < 1.29 is 19.1 Å². The first kappa shape index (κ1) is 30.0. The van der Waals surface area contributed by atoms with Crippen molar-refractivity contribution in [3.8, 4) is 5.75 Å². The fraction of sp³-hybridized carbons (Fsp3) is 0.548. The van der Waals surface area contributed by atoms with Crippen LogP contribution in [0.2, 0.25) is 0 Å². The molecule has 0 N–H and O–H groups in total. The van der Waals surface area contributed by atoms with E-state index >= 15 is 0 Å². The van der Waals surface area contributed by atoms with E-state index in [2.05, 4.69) is 38.1 Å². The molecule has 2 rings (SSSR count). The number of carbonyl (C=O) groups excluding carboxylic acids is 2. The third-order valence-electron chi connectivity index (χ3n) is 7.46. The highest BCUT2D eigenvalue weighted by atomic mass is 32.2. The van der Waals surface area contributed by atoms with Gasteiger partial charge in [-0.05, 0) is 93.8 Å². The molecule has 0 aliphatic carbocycles. The van der Waals surface area contributed by atoms with Crippen molar-refractivity contribution in [1.29, 1.82) is 0 Å². The maximum Gasteiger partial charge on any atom is 0.317 e. The lowest BCUT2D eigenvalue weighted by molar-refractivity contribution is -0.166. The minimum absolute atomic E-state index is 0.223. The summed E-state index contributed by atoms with van der Waals surface area (Å²) >= 11 is 1.68. The van der Waals surface area contributed by atoms with Crippen LogP contribution in [-0.4, -0.2) is 17.5 Å². The molecule has 2 aromatic carbocycles. The minimum atomic E-state index is -0.778. The van der Waals surface area contributed by atoms with E-state index in [9.17, 15) is 9.59 Å². The lowest BCUT2D eigenvalue weighted by Gasteiger charge is -2.32. The molecule has 0 saturated carbocycles. The van der Waals surface area contributed by atoms with E-state index in [1.807, 2.05) is 65.8 Å². The third kappa shape index (κ3) is 8.12. The Kier molecular flexibility index (Phi) is 11.1. The standard InChI is InChI=1S/C31H44O4S/c1-9-23(28(32)35-31(8,11-3)12-4)21-30(7,10-2)29(33)34-25-15-19-27(20-16-25)36-26-17-13-24(14-18-26)22(5)6/h13-20,22-23H,9-12,21H2,1-8H3. The Balaban J connectivity index is 2.04. The normalized spacial score (nSPS) is 14.2. The number of esters is 2. The highest BCUT2D eigenvalue weighted by Gasteiger charge is 2.39. The summed E-state index contributed by atoms with van der Waals surface area (Å²) in [6, 6.07) is 16.2. The van der Waals surface area contributed by atoms with Gasteiger partial charge in [0, 0.05) is 9.79 Å². The summed E-state index contributed by atoms with van der Waals surface area (Å²) in [7, 11) is 0. The second kappa shape index (κ2) is 13.3. The fourth-order valence-electron chi connectivity index (χ4n) is 3.89. The van der Waals surface area contributed by atoms with Crippen LogP contribution < -0.4 is 4.74 Å². The highest BCUT2D eigenvalue weighted by molar-refractivity contribution is 7.99. The van der Waals surface area contributed by atoms with Gasteiger partial charge in [0.05, 0.1) is 11.3 Å². The SMILES string of the molecule is CCC(CC(C)(CC)C(=O)Oc1ccc(Sc2ccc(C(C)C)cc2)cc1)C(=O)OC(C)(CC)CC. The quantitative estimate of drug-likeness (QED) is 0.198. The van der Waals surface area contributed by atoms with Crippen molar-refractivity contribution in [2.45, 2.75) is 109 Å². The van der Waals surface area contributed by atoms with E-state index in [1.54, 1.807) is 11.8 Å². The molecule has 2 unspecified atom stereocenters. The molecule has 0 aliphatic rings. The molecule has 0 amide bonds. The molecule has 36 heavy (non-hydrogen) atoms. The van der Waals surface area contributed by atoms with Crippen LogP contribution in [0, 0.1) is 11.3 Å². The molecule has 0 radical (unpaired) electrons. The van der Waals surface area contributed by atoms with Gasteiger partial charge < -0.3 is 9.47 Å². The Morgan fingerprint density at radius 2 is 1.36 bits per heavy atom. The van der Waals surface area contributed by atoms with Gasteiger partial charge >= 0.3 is 11.9 Å². The Bertz CT molecular complexity index is 977. The molecule has 0 fully saturated rings. The third-order valence-corrected chi connectivity index (χ3v) is 8.47. The predicted octanol–water partition coefficient (Wildman–Crippen LogP) is 8.82. The van der Waals surface area contributed by atoms with Gasteiger partial charge in [-0.1, -0.05) is 65.4 Å². The Morgan fingerprint density at radius 1 is 0.833 bits per heavy atom. The van der Waals surface area contributed by atoms with Gasteiger partial charge in [-0.3, -0.25) is 9.59 Å². The van der Waals surface area contributed by atoms with Gasteiger partial charge in [-0.2, -0.15) is 0 Å². The van der Waals surface area contributed by atoms with Crippen molar-refractivity contribution in [2.75, 3.05) is 0 Å². The molecule has 0 spiro atoms. The van der Waals surface area contributed by atoms with Crippen LogP contribution in [0.15, 0.2) is 58.3 Å². The summed E-state index contributed by atoms with van der Waals surface area (Å²) < 4.78 is 11.7. The van der Waals surface area contributed by atoms with Crippen molar-refractivity contribution >= 4 is 23.7 Å². The van der Waals surface area contributed by atoms with Crippen LogP contribution in [0.25, 0.3) is 0 Å². The molecule has 2 aromatic rings. The van der Waals surface area contributed by atoms with Gasteiger partial charge in [0.25, 0.3) is 0 Å². The smallest absolute Gasteiger partial charge is 0.317 e. The summed E-state index contributed by atoms with van der Waals surface area (Å²) in [5.74, 6) is 0.145. The number of benzene rings is 2.